The Morgan fingerprint density at radius 2 is 1.77 bits per heavy atom. The van der Waals surface area contributed by atoms with Gasteiger partial charge in [-0.2, -0.15) is 0 Å². The number of hydrogen-bond acceptors (Lipinski definition) is 3. The fourth-order valence-corrected chi connectivity index (χ4v) is 4.05. The highest BCUT2D eigenvalue weighted by atomic mass is 16.3. The fourth-order valence-electron chi connectivity index (χ4n) is 4.05. The summed E-state index contributed by atoms with van der Waals surface area (Å²) in [6.45, 7) is 0. The van der Waals surface area contributed by atoms with Crippen molar-refractivity contribution in [1.29, 1.82) is 0 Å². The predicted molar refractivity (Wildman–Crippen MR) is 120 cm³/mol. The number of aliphatic hydroxyl groups is 1. The number of carbonyl (C=O) groups excluding carboxylic acids is 1. The van der Waals surface area contributed by atoms with Crippen LogP contribution >= 0.6 is 0 Å². The zero-order chi connectivity index (χ0) is 20.8. The molecule has 5 rings (SSSR count). The molecule has 0 amide bonds. The molecule has 1 aromatic heterocycles. The Morgan fingerprint density at radius 1 is 1.00 bits per heavy atom. The zero-order valence-electron chi connectivity index (χ0n) is 16.8. The molecule has 0 bridgehead atoms. The minimum atomic E-state index is -0.137. The normalized spacial score (nSPS) is 18.3. The Morgan fingerprint density at radius 3 is 2.60 bits per heavy atom. The number of ketones is 1. The highest BCUT2D eigenvalue weighted by Crippen LogP contribution is 2.37. The Balaban J connectivity index is 1.56. The average Bonchev–Trinajstić information content (AvgIpc) is 2.78. The standard InChI is InChI=1S/C26H20N2O2/c1-27-13-11-17(19-7-3-5-9-23(19)27)15-21-25(29)22(26(21)30)16-18-12-14-28(2)24-10-6-4-8-20(18)24/h3-16H,1-2H3/p+1. The number of hydrogen-bond donors (Lipinski definition) is 1. The van der Waals surface area contributed by atoms with Gasteiger partial charge in [0.1, 0.15) is 12.8 Å². The number of fused-ring (bicyclic) bond motifs is 2. The van der Waals surface area contributed by atoms with Crippen molar-refractivity contribution < 1.29 is 14.5 Å². The van der Waals surface area contributed by atoms with Crippen LogP contribution < -0.4 is 9.47 Å². The molecule has 2 aromatic carbocycles. The quantitative estimate of drug-likeness (QED) is 0.515. The molecule has 0 atom stereocenters. The predicted octanol–water partition coefficient (Wildman–Crippen LogP) is 4.49. The van der Waals surface area contributed by atoms with E-state index in [4.69, 9.17) is 0 Å². The first-order valence-corrected chi connectivity index (χ1v) is 9.84. The Bertz CT molecular complexity index is 1340. The molecule has 0 unspecified atom stereocenters. The van der Waals surface area contributed by atoms with Crippen molar-refractivity contribution in [2.45, 2.75) is 0 Å². The summed E-state index contributed by atoms with van der Waals surface area (Å²) < 4.78 is 2.04. The number of nitrogens with zero attached hydrogens (tertiary/aromatic N) is 2. The SMILES string of the molecule is CN1C=CC(=CC2=C(O)C(=Cc3cc[n+](C)c4ccccc34)C2=O)c2ccccc21. The van der Waals surface area contributed by atoms with Crippen molar-refractivity contribution in [3.8, 4) is 0 Å². The van der Waals surface area contributed by atoms with Crippen molar-refractivity contribution >= 4 is 34.0 Å². The van der Waals surface area contributed by atoms with Crippen LogP contribution in [0.1, 0.15) is 11.1 Å². The maximum atomic E-state index is 12.9. The van der Waals surface area contributed by atoms with E-state index in [1.165, 1.54) is 0 Å². The van der Waals surface area contributed by atoms with Gasteiger partial charge in [-0.25, -0.2) is 4.57 Å². The van der Waals surface area contributed by atoms with Crippen molar-refractivity contribution in [3.05, 3.63) is 107 Å². The van der Waals surface area contributed by atoms with Crippen molar-refractivity contribution in [2.24, 2.45) is 7.05 Å². The number of rotatable bonds is 2. The number of aliphatic hydroxyl groups excluding tert-OH is 1. The number of anilines is 1. The minimum Gasteiger partial charge on any atom is -0.506 e. The summed E-state index contributed by atoms with van der Waals surface area (Å²) in [5.74, 6) is -0.0864. The van der Waals surface area contributed by atoms with E-state index >= 15 is 0 Å². The fraction of sp³-hybridized carbons (Fsp3) is 0.0769. The summed E-state index contributed by atoms with van der Waals surface area (Å²) in [5, 5.41) is 11.7. The van der Waals surface area contributed by atoms with Crippen molar-refractivity contribution in [1.82, 2.24) is 0 Å². The van der Waals surface area contributed by atoms with Gasteiger partial charge < -0.3 is 10.0 Å². The molecule has 4 heteroatoms. The zero-order valence-corrected chi connectivity index (χ0v) is 16.8. The topological polar surface area (TPSA) is 44.4 Å². The molecule has 1 aliphatic carbocycles. The molecule has 1 N–H and O–H groups in total. The first kappa shape index (κ1) is 18.1. The monoisotopic (exact) mass is 393 g/mol. The molecule has 2 heterocycles. The van der Waals surface area contributed by atoms with Gasteiger partial charge in [-0.15, -0.1) is 0 Å². The number of allylic oxidation sites excluding steroid dienone is 5. The van der Waals surface area contributed by atoms with Crippen LogP contribution in [0.3, 0.4) is 0 Å². The first-order valence-electron chi connectivity index (χ1n) is 9.84. The van der Waals surface area contributed by atoms with Crippen LogP contribution in [0.25, 0.3) is 22.6 Å². The van der Waals surface area contributed by atoms with Gasteiger partial charge in [0.25, 0.3) is 0 Å². The van der Waals surface area contributed by atoms with E-state index < -0.39 is 0 Å². The lowest BCUT2D eigenvalue weighted by Gasteiger charge is -2.25. The van der Waals surface area contributed by atoms with E-state index in [2.05, 4.69) is 0 Å². The summed E-state index contributed by atoms with van der Waals surface area (Å²) in [7, 11) is 3.98. The van der Waals surface area contributed by atoms with E-state index in [0.29, 0.717) is 11.1 Å². The lowest BCUT2D eigenvalue weighted by atomic mass is 9.84. The van der Waals surface area contributed by atoms with Gasteiger partial charge in [0, 0.05) is 36.6 Å². The van der Waals surface area contributed by atoms with Crippen LogP contribution in [0.2, 0.25) is 0 Å². The molecule has 0 saturated heterocycles. The summed E-state index contributed by atoms with van der Waals surface area (Å²) in [5.41, 5.74) is 5.70. The van der Waals surface area contributed by atoms with Crippen LogP contribution in [0, 0.1) is 0 Å². The second kappa shape index (κ2) is 6.85. The number of Topliss-reactive ketones (excluding diaryl/α,β-unsaturated/α-hetero) is 1. The van der Waals surface area contributed by atoms with Gasteiger partial charge in [0.2, 0.25) is 11.3 Å². The first-order chi connectivity index (χ1) is 14.5. The molecule has 30 heavy (non-hydrogen) atoms. The van der Waals surface area contributed by atoms with Crippen LogP contribution in [0.15, 0.2) is 96.1 Å². The highest BCUT2D eigenvalue weighted by Gasteiger charge is 2.33. The molecular weight excluding hydrogens is 372 g/mol. The molecular formula is C26H21N2O2+. The maximum Gasteiger partial charge on any atom is 0.212 e. The lowest BCUT2D eigenvalue weighted by Crippen LogP contribution is -2.28. The van der Waals surface area contributed by atoms with E-state index in [1.807, 2.05) is 96.6 Å². The van der Waals surface area contributed by atoms with E-state index in [0.717, 1.165) is 33.3 Å². The maximum absolute atomic E-state index is 12.9. The van der Waals surface area contributed by atoms with Gasteiger partial charge in [0.15, 0.2) is 6.20 Å². The molecule has 4 nitrogen and oxygen atoms in total. The van der Waals surface area contributed by atoms with Gasteiger partial charge >= 0.3 is 0 Å². The second-order valence-electron chi connectivity index (χ2n) is 7.59. The molecule has 1 aliphatic heterocycles. The number of para-hydroxylation sites is 2. The molecule has 3 aromatic rings. The minimum absolute atomic E-state index is 0.0506. The molecule has 2 aliphatic rings. The highest BCUT2D eigenvalue weighted by molar-refractivity contribution is 6.24. The number of pyridine rings is 1. The third-order valence-electron chi connectivity index (χ3n) is 5.74. The molecule has 0 radical (unpaired) electrons. The van der Waals surface area contributed by atoms with Crippen LogP contribution in [0.4, 0.5) is 5.69 Å². The number of carbonyl (C=O) groups is 1. The molecule has 146 valence electrons. The van der Waals surface area contributed by atoms with Crippen LogP contribution in [-0.2, 0) is 11.8 Å². The van der Waals surface area contributed by atoms with Crippen LogP contribution in [-0.4, -0.2) is 17.9 Å². The smallest absolute Gasteiger partial charge is 0.212 e. The lowest BCUT2D eigenvalue weighted by molar-refractivity contribution is -0.644. The van der Waals surface area contributed by atoms with Gasteiger partial charge in [-0.3, -0.25) is 4.79 Å². The van der Waals surface area contributed by atoms with E-state index in [-0.39, 0.29) is 11.5 Å². The summed E-state index contributed by atoms with van der Waals surface area (Å²) in [4.78, 5) is 14.9. The molecule has 0 saturated carbocycles. The largest absolute Gasteiger partial charge is 0.506 e. The average molecular weight is 393 g/mol. The van der Waals surface area contributed by atoms with Gasteiger partial charge in [-0.1, -0.05) is 30.3 Å². The Kier molecular flexibility index (Phi) is 4.14. The van der Waals surface area contributed by atoms with E-state index in [9.17, 15) is 9.90 Å². The van der Waals surface area contributed by atoms with Gasteiger partial charge in [0.05, 0.1) is 16.5 Å². The van der Waals surface area contributed by atoms with Crippen molar-refractivity contribution in [3.63, 3.8) is 0 Å². The van der Waals surface area contributed by atoms with Crippen LogP contribution in [0.5, 0.6) is 0 Å². The third-order valence-corrected chi connectivity index (χ3v) is 5.74. The van der Waals surface area contributed by atoms with Gasteiger partial charge in [-0.05, 0) is 41.5 Å². The Labute approximate surface area is 175 Å². The summed E-state index contributed by atoms with van der Waals surface area (Å²) in [6, 6.07) is 18.0. The number of aromatic nitrogens is 1. The Hall–Kier alpha value is -3.92. The second-order valence-corrected chi connectivity index (χ2v) is 7.59. The third kappa shape index (κ3) is 2.77. The molecule has 0 spiro atoms. The summed E-state index contributed by atoms with van der Waals surface area (Å²) in [6.07, 6.45) is 9.44. The number of aryl methyl sites for hydroxylation is 1. The number of benzene rings is 2. The summed E-state index contributed by atoms with van der Waals surface area (Å²) >= 11 is 0. The van der Waals surface area contributed by atoms with Crippen molar-refractivity contribution in [2.75, 3.05) is 11.9 Å². The van der Waals surface area contributed by atoms with E-state index in [1.54, 1.807) is 12.2 Å². The molecule has 0 fully saturated rings.